The third-order valence-electron chi connectivity index (χ3n) is 5.84. The molecule has 0 aliphatic rings. The van der Waals surface area contributed by atoms with Gasteiger partial charge >= 0.3 is 5.97 Å². The summed E-state index contributed by atoms with van der Waals surface area (Å²) in [6, 6.07) is 17.2. The largest absolute Gasteiger partial charge is 0.440 e. The molecule has 11 heteroatoms. The van der Waals surface area contributed by atoms with Crippen molar-refractivity contribution in [1.82, 2.24) is 35.2 Å². The lowest BCUT2D eigenvalue weighted by molar-refractivity contribution is -0.157. The van der Waals surface area contributed by atoms with E-state index in [-0.39, 0.29) is 18.5 Å². The van der Waals surface area contributed by atoms with Gasteiger partial charge in [0, 0.05) is 28.8 Å². The lowest BCUT2D eigenvalue weighted by Crippen LogP contribution is -2.24. The van der Waals surface area contributed by atoms with Gasteiger partial charge in [-0.15, -0.1) is 15.0 Å². The summed E-state index contributed by atoms with van der Waals surface area (Å²) in [6.45, 7) is 5.15. The average Bonchev–Trinajstić information content (AvgIpc) is 3.56. The smallest absolute Gasteiger partial charge is 0.313 e. The first kappa shape index (κ1) is 26.2. The molecule has 0 saturated carbocycles. The van der Waals surface area contributed by atoms with Crippen LogP contribution in [-0.4, -0.2) is 41.1 Å². The Morgan fingerprint density at radius 3 is 2.59 bits per heavy atom. The van der Waals surface area contributed by atoms with Crippen molar-refractivity contribution in [1.29, 1.82) is 0 Å². The van der Waals surface area contributed by atoms with Crippen LogP contribution >= 0.6 is 11.6 Å². The van der Waals surface area contributed by atoms with Crippen LogP contribution in [0.1, 0.15) is 32.2 Å². The number of hydrogen-bond acceptors (Lipinski definition) is 7. The first-order chi connectivity index (χ1) is 18.7. The van der Waals surface area contributed by atoms with Gasteiger partial charge in [0.15, 0.2) is 0 Å². The number of aromatic amines is 1. The number of H-pyrrole nitrogens is 1. The third kappa shape index (κ3) is 6.01. The fourth-order valence-electron chi connectivity index (χ4n) is 3.78. The predicted octanol–water partition coefficient (Wildman–Crippen LogP) is 5.72. The highest BCUT2D eigenvalue weighted by Gasteiger charge is 2.23. The number of ether oxygens (including phenoxy) is 1. The number of halogens is 2. The number of pyridine rings is 1. The summed E-state index contributed by atoms with van der Waals surface area (Å²) in [5.74, 6) is 0.307. The summed E-state index contributed by atoms with van der Waals surface area (Å²) in [4.78, 5) is 26.0. The summed E-state index contributed by atoms with van der Waals surface area (Å²) in [5.41, 5.74) is 3.51. The summed E-state index contributed by atoms with van der Waals surface area (Å²) >= 11 is 6.38. The fraction of sp³-hybridized carbons (Fsp3) is 0.214. The SMILES string of the molecule is CC(C)(C)C(=O)OCn1nnc(-c2ccnc(-c3[nH]c(Cc4ccccc4Cl)nc3-c3ccc(F)cc3)c2)n1. The van der Waals surface area contributed by atoms with E-state index < -0.39 is 5.41 Å². The van der Waals surface area contributed by atoms with Crippen LogP contribution in [0.15, 0.2) is 66.9 Å². The number of nitrogens with one attached hydrogen (secondary N) is 1. The number of aromatic nitrogens is 7. The van der Waals surface area contributed by atoms with Crippen molar-refractivity contribution in [3.8, 4) is 34.0 Å². The standard InChI is InChI=1S/C28H25ClFN7O2/c1-28(2,3)27(38)39-16-37-35-26(34-36-37)19-12-13-31-22(14-19)25-24(17-8-10-20(30)11-9-17)32-23(33-25)15-18-6-4-5-7-21(18)29/h4-14H,15-16H2,1-3H3,(H,32,33). The summed E-state index contributed by atoms with van der Waals surface area (Å²) in [5, 5.41) is 13.1. The second-order valence-corrected chi connectivity index (χ2v) is 10.3. The van der Waals surface area contributed by atoms with Crippen molar-refractivity contribution < 1.29 is 13.9 Å². The highest BCUT2D eigenvalue weighted by atomic mass is 35.5. The number of nitrogens with zero attached hydrogens (tertiary/aromatic N) is 6. The van der Waals surface area contributed by atoms with Crippen molar-refractivity contribution in [2.75, 3.05) is 0 Å². The normalized spacial score (nSPS) is 11.5. The maximum Gasteiger partial charge on any atom is 0.313 e. The van der Waals surface area contributed by atoms with Gasteiger partial charge in [-0.1, -0.05) is 29.8 Å². The minimum Gasteiger partial charge on any atom is -0.440 e. The van der Waals surface area contributed by atoms with Gasteiger partial charge in [0.05, 0.1) is 22.5 Å². The highest BCUT2D eigenvalue weighted by molar-refractivity contribution is 6.31. The number of rotatable bonds is 7. The van der Waals surface area contributed by atoms with Crippen LogP contribution in [0.4, 0.5) is 4.39 Å². The number of tetrazole rings is 1. The van der Waals surface area contributed by atoms with Gasteiger partial charge in [-0.25, -0.2) is 9.37 Å². The van der Waals surface area contributed by atoms with Crippen LogP contribution in [0.2, 0.25) is 5.02 Å². The van der Waals surface area contributed by atoms with Crippen molar-refractivity contribution in [2.45, 2.75) is 33.9 Å². The molecule has 3 heterocycles. The van der Waals surface area contributed by atoms with Gasteiger partial charge in [-0.2, -0.15) is 0 Å². The first-order valence-corrected chi connectivity index (χ1v) is 12.6. The van der Waals surface area contributed by atoms with Gasteiger partial charge in [0.1, 0.15) is 11.6 Å². The van der Waals surface area contributed by atoms with E-state index in [1.807, 2.05) is 30.3 Å². The topological polar surface area (TPSA) is 111 Å². The number of hydrogen-bond donors (Lipinski definition) is 1. The van der Waals surface area contributed by atoms with Gasteiger partial charge in [-0.3, -0.25) is 9.78 Å². The summed E-state index contributed by atoms with van der Waals surface area (Å²) in [6.07, 6.45) is 2.10. The molecular weight excluding hydrogens is 521 g/mol. The Balaban J connectivity index is 1.47. The lowest BCUT2D eigenvalue weighted by Gasteiger charge is -2.15. The maximum absolute atomic E-state index is 13.7. The minimum atomic E-state index is -0.638. The van der Waals surface area contributed by atoms with E-state index in [1.54, 1.807) is 45.2 Å². The molecule has 0 saturated heterocycles. The molecule has 5 rings (SSSR count). The van der Waals surface area contributed by atoms with E-state index in [0.717, 1.165) is 11.1 Å². The first-order valence-electron chi connectivity index (χ1n) is 12.2. The van der Waals surface area contributed by atoms with Crippen LogP contribution < -0.4 is 0 Å². The molecule has 3 aromatic heterocycles. The van der Waals surface area contributed by atoms with E-state index in [2.05, 4.69) is 25.4 Å². The number of carbonyl (C=O) groups excluding carboxylic acids is 1. The van der Waals surface area contributed by atoms with Gasteiger partial charge in [0.25, 0.3) is 0 Å². The van der Waals surface area contributed by atoms with Crippen molar-refractivity contribution in [2.24, 2.45) is 5.41 Å². The predicted molar refractivity (Wildman–Crippen MR) is 144 cm³/mol. The molecule has 0 unspecified atom stereocenters. The van der Waals surface area contributed by atoms with Crippen LogP contribution in [-0.2, 0) is 22.7 Å². The molecule has 1 N–H and O–H groups in total. The molecule has 0 aliphatic heterocycles. The minimum absolute atomic E-state index is 0.151. The zero-order chi connectivity index (χ0) is 27.6. The van der Waals surface area contributed by atoms with Gasteiger partial charge in [0.2, 0.25) is 12.6 Å². The number of esters is 1. The van der Waals surface area contributed by atoms with Crippen LogP contribution in [0, 0.1) is 11.2 Å². The third-order valence-corrected chi connectivity index (χ3v) is 6.21. The molecule has 0 fully saturated rings. The molecular formula is C28H25ClFN7O2. The Hall–Kier alpha value is -4.44. The van der Waals surface area contributed by atoms with E-state index in [9.17, 15) is 9.18 Å². The molecule has 0 amide bonds. The Morgan fingerprint density at radius 1 is 1.08 bits per heavy atom. The maximum atomic E-state index is 13.7. The average molecular weight is 546 g/mol. The zero-order valence-electron chi connectivity index (χ0n) is 21.5. The van der Waals surface area contributed by atoms with Crippen LogP contribution in [0.25, 0.3) is 34.0 Å². The second-order valence-electron chi connectivity index (χ2n) is 9.91. The van der Waals surface area contributed by atoms with Crippen molar-refractivity contribution in [3.63, 3.8) is 0 Å². The van der Waals surface area contributed by atoms with Crippen LogP contribution in [0.3, 0.4) is 0 Å². The number of carbonyl (C=O) groups is 1. The number of imidazole rings is 1. The Labute approximate surface area is 229 Å². The lowest BCUT2D eigenvalue weighted by atomic mass is 9.98. The Morgan fingerprint density at radius 2 is 1.85 bits per heavy atom. The monoisotopic (exact) mass is 545 g/mol. The van der Waals surface area contributed by atoms with E-state index in [4.69, 9.17) is 21.3 Å². The molecule has 198 valence electrons. The van der Waals surface area contributed by atoms with Crippen molar-refractivity contribution in [3.05, 3.63) is 89.1 Å². The molecule has 5 aromatic rings. The molecule has 2 aromatic carbocycles. The summed E-state index contributed by atoms with van der Waals surface area (Å²) < 4.78 is 18.9. The molecule has 9 nitrogen and oxygen atoms in total. The molecule has 0 atom stereocenters. The molecule has 0 radical (unpaired) electrons. The Bertz CT molecular complexity index is 1620. The summed E-state index contributed by atoms with van der Waals surface area (Å²) in [7, 11) is 0. The molecule has 0 spiro atoms. The number of benzene rings is 2. The fourth-order valence-corrected chi connectivity index (χ4v) is 3.99. The Kier molecular flexibility index (Phi) is 7.21. The molecule has 0 aliphatic carbocycles. The van der Waals surface area contributed by atoms with Crippen LogP contribution in [0.5, 0.6) is 0 Å². The van der Waals surface area contributed by atoms with Gasteiger partial charge in [-0.05, 0) is 74.0 Å². The second kappa shape index (κ2) is 10.7. The van der Waals surface area contributed by atoms with E-state index in [0.29, 0.717) is 45.7 Å². The van der Waals surface area contributed by atoms with E-state index in [1.165, 1.54) is 16.9 Å². The quantitative estimate of drug-likeness (QED) is 0.260. The molecule has 39 heavy (non-hydrogen) atoms. The van der Waals surface area contributed by atoms with Crippen molar-refractivity contribution >= 4 is 17.6 Å². The van der Waals surface area contributed by atoms with Gasteiger partial charge < -0.3 is 9.72 Å². The molecule has 0 bridgehead atoms. The zero-order valence-corrected chi connectivity index (χ0v) is 22.3. The van der Waals surface area contributed by atoms with E-state index >= 15 is 0 Å². The highest BCUT2D eigenvalue weighted by Crippen LogP contribution is 2.32.